The highest BCUT2D eigenvalue weighted by Crippen LogP contribution is 2.22. The van der Waals surface area contributed by atoms with E-state index in [9.17, 15) is 0 Å². The van der Waals surface area contributed by atoms with Gasteiger partial charge < -0.3 is 10.5 Å². The Labute approximate surface area is 101 Å². The third kappa shape index (κ3) is 3.04. The second-order valence-corrected chi connectivity index (χ2v) is 6.14. The molecule has 0 radical (unpaired) electrons. The minimum absolute atomic E-state index is 0.00773. The van der Waals surface area contributed by atoms with Gasteiger partial charge in [-0.05, 0) is 26.0 Å². The number of morpholine rings is 1. The summed E-state index contributed by atoms with van der Waals surface area (Å²) in [5.74, 6) is 0. The van der Waals surface area contributed by atoms with E-state index in [1.807, 2.05) is 11.3 Å². The van der Waals surface area contributed by atoms with E-state index in [0.717, 1.165) is 26.2 Å². The van der Waals surface area contributed by atoms with E-state index in [1.54, 1.807) is 0 Å². The summed E-state index contributed by atoms with van der Waals surface area (Å²) in [7, 11) is 0. The molecule has 2 rings (SSSR count). The number of nitrogens with zero attached hydrogens (tertiary/aromatic N) is 1. The van der Waals surface area contributed by atoms with Crippen LogP contribution >= 0.6 is 11.3 Å². The van der Waals surface area contributed by atoms with Gasteiger partial charge in [-0.1, -0.05) is 0 Å². The van der Waals surface area contributed by atoms with Crippen molar-refractivity contribution in [2.75, 3.05) is 19.7 Å². The monoisotopic (exact) mass is 240 g/mol. The van der Waals surface area contributed by atoms with Crippen molar-refractivity contribution in [1.82, 2.24) is 4.90 Å². The number of hydrogen-bond donors (Lipinski definition) is 1. The molecule has 0 atom stereocenters. The fourth-order valence-electron chi connectivity index (χ4n) is 2.09. The molecule has 90 valence electrons. The quantitative estimate of drug-likeness (QED) is 0.876. The van der Waals surface area contributed by atoms with Gasteiger partial charge in [-0.2, -0.15) is 0 Å². The summed E-state index contributed by atoms with van der Waals surface area (Å²) < 4.78 is 5.70. The van der Waals surface area contributed by atoms with E-state index in [4.69, 9.17) is 10.5 Å². The Bertz CT molecular complexity index is 349. The summed E-state index contributed by atoms with van der Waals surface area (Å²) >= 11 is 1.82. The van der Waals surface area contributed by atoms with Crippen LogP contribution in [-0.2, 0) is 17.8 Å². The summed E-state index contributed by atoms with van der Waals surface area (Å²) in [6.07, 6.45) is 0. The van der Waals surface area contributed by atoms with Crippen molar-refractivity contribution < 1.29 is 4.74 Å². The van der Waals surface area contributed by atoms with Gasteiger partial charge in [0.1, 0.15) is 0 Å². The van der Waals surface area contributed by atoms with Gasteiger partial charge >= 0.3 is 0 Å². The fraction of sp³-hybridized carbons (Fsp3) is 0.667. The number of thiophene rings is 1. The van der Waals surface area contributed by atoms with E-state index < -0.39 is 0 Å². The van der Waals surface area contributed by atoms with E-state index in [1.165, 1.54) is 9.75 Å². The molecular weight excluding hydrogens is 220 g/mol. The smallest absolute Gasteiger partial charge is 0.0753 e. The highest BCUT2D eigenvalue weighted by atomic mass is 32.1. The number of rotatable bonds is 3. The van der Waals surface area contributed by atoms with Gasteiger partial charge in [-0.15, -0.1) is 11.3 Å². The zero-order valence-electron chi connectivity index (χ0n) is 10.0. The van der Waals surface area contributed by atoms with Crippen molar-refractivity contribution in [3.63, 3.8) is 0 Å². The molecule has 2 heterocycles. The molecule has 1 aromatic rings. The first-order valence-electron chi connectivity index (χ1n) is 5.73. The minimum atomic E-state index is -0.00773. The van der Waals surface area contributed by atoms with Crippen molar-refractivity contribution in [2.24, 2.45) is 5.73 Å². The first-order chi connectivity index (χ1) is 7.59. The molecule has 4 heteroatoms. The van der Waals surface area contributed by atoms with Gasteiger partial charge in [0.05, 0.1) is 12.2 Å². The van der Waals surface area contributed by atoms with Crippen molar-refractivity contribution in [3.8, 4) is 0 Å². The Kier molecular flexibility index (Phi) is 3.64. The highest BCUT2D eigenvalue weighted by molar-refractivity contribution is 7.11. The Morgan fingerprint density at radius 3 is 2.81 bits per heavy atom. The molecule has 0 aromatic carbocycles. The van der Waals surface area contributed by atoms with E-state index in [2.05, 4.69) is 30.9 Å². The molecule has 2 N–H and O–H groups in total. The maximum Gasteiger partial charge on any atom is 0.0753 e. The Morgan fingerprint density at radius 1 is 1.44 bits per heavy atom. The Morgan fingerprint density at radius 2 is 2.19 bits per heavy atom. The lowest BCUT2D eigenvalue weighted by Gasteiger charge is -2.37. The molecule has 0 bridgehead atoms. The van der Waals surface area contributed by atoms with E-state index >= 15 is 0 Å². The molecule has 1 aliphatic heterocycles. The van der Waals surface area contributed by atoms with E-state index in [0.29, 0.717) is 6.54 Å². The normalized spacial score (nSPS) is 21.2. The molecule has 0 saturated carbocycles. The van der Waals surface area contributed by atoms with Crippen LogP contribution in [0, 0.1) is 0 Å². The zero-order chi connectivity index (χ0) is 11.6. The van der Waals surface area contributed by atoms with Gasteiger partial charge in [0.15, 0.2) is 0 Å². The lowest BCUT2D eigenvalue weighted by atomic mass is 10.1. The molecule has 1 aliphatic rings. The first-order valence-corrected chi connectivity index (χ1v) is 6.55. The number of hydrogen-bond acceptors (Lipinski definition) is 4. The van der Waals surface area contributed by atoms with Crippen LogP contribution in [0.2, 0.25) is 0 Å². The highest BCUT2D eigenvalue weighted by Gasteiger charge is 2.27. The second-order valence-electron chi connectivity index (χ2n) is 4.89. The summed E-state index contributed by atoms with van der Waals surface area (Å²) in [5, 5.41) is 0. The first kappa shape index (κ1) is 12.0. The van der Waals surface area contributed by atoms with Gasteiger partial charge in [0.2, 0.25) is 0 Å². The van der Waals surface area contributed by atoms with Crippen LogP contribution in [0.5, 0.6) is 0 Å². The molecular formula is C12H20N2OS. The van der Waals surface area contributed by atoms with Crippen LogP contribution in [0.25, 0.3) is 0 Å². The SMILES string of the molecule is CC1(C)CN(Cc2ccc(CN)s2)CCO1. The average Bonchev–Trinajstić information content (AvgIpc) is 2.64. The number of ether oxygens (including phenoxy) is 1. The fourth-order valence-corrected chi connectivity index (χ4v) is 3.03. The van der Waals surface area contributed by atoms with Crippen molar-refractivity contribution in [3.05, 3.63) is 21.9 Å². The lowest BCUT2D eigenvalue weighted by Crippen LogP contribution is -2.47. The Balaban J connectivity index is 1.94. The molecule has 1 aromatic heterocycles. The zero-order valence-corrected chi connectivity index (χ0v) is 10.8. The number of nitrogens with two attached hydrogens (primary N) is 1. The molecule has 0 unspecified atom stereocenters. The van der Waals surface area contributed by atoms with Crippen molar-refractivity contribution in [2.45, 2.75) is 32.5 Å². The molecule has 1 saturated heterocycles. The molecule has 16 heavy (non-hydrogen) atoms. The van der Waals surface area contributed by atoms with Crippen LogP contribution in [0.4, 0.5) is 0 Å². The second kappa shape index (κ2) is 4.84. The van der Waals surface area contributed by atoms with Crippen LogP contribution in [-0.4, -0.2) is 30.2 Å². The van der Waals surface area contributed by atoms with Gasteiger partial charge in [0.25, 0.3) is 0 Å². The molecule has 3 nitrogen and oxygen atoms in total. The van der Waals surface area contributed by atoms with Crippen LogP contribution in [0.3, 0.4) is 0 Å². The summed E-state index contributed by atoms with van der Waals surface area (Å²) in [5.41, 5.74) is 5.61. The third-order valence-electron chi connectivity index (χ3n) is 2.80. The van der Waals surface area contributed by atoms with Gasteiger partial charge in [-0.3, -0.25) is 4.90 Å². The Hall–Kier alpha value is -0.420. The average molecular weight is 240 g/mol. The maximum atomic E-state index is 5.70. The van der Waals surface area contributed by atoms with Crippen LogP contribution in [0.15, 0.2) is 12.1 Å². The summed E-state index contributed by atoms with van der Waals surface area (Å²) in [4.78, 5) is 5.12. The van der Waals surface area contributed by atoms with Crippen molar-refractivity contribution in [1.29, 1.82) is 0 Å². The van der Waals surface area contributed by atoms with Gasteiger partial charge in [0, 0.05) is 35.9 Å². The topological polar surface area (TPSA) is 38.5 Å². The molecule has 0 spiro atoms. The summed E-state index contributed by atoms with van der Waals surface area (Å²) in [6, 6.07) is 4.32. The molecule has 0 amide bonds. The van der Waals surface area contributed by atoms with E-state index in [-0.39, 0.29) is 5.60 Å². The predicted molar refractivity (Wildman–Crippen MR) is 67.5 cm³/mol. The largest absolute Gasteiger partial charge is 0.373 e. The third-order valence-corrected chi connectivity index (χ3v) is 3.89. The van der Waals surface area contributed by atoms with Gasteiger partial charge in [-0.25, -0.2) is 0 Å². The van der Waals surface area contributed by atoms with Crippen LogP contribution in [0.1, 0.15) is 23.6 Å². The molecule has 0 aliphatic carbocycles. The lowest BCUT2D eigenvalue weighted by molar-refractivity contribution is -0.0880. The van der Waals surface area contributed by atoms with Crippen LogP contribution < -0.4 is 5.73 Å². The summed E-state index contributed by atoms with van der Waals surface area (Å²) in [6.45, 7) is 8.85. The maximum absolute atomic E-state index is 5.70. The van der Waals surface area contributed by atoms with Crippen molar-refractivity contribution >= 4 is 11.3 Å². The minimum Gasteiger partial charge on any atom is -0.373 e. The predicted octanol–water partition coefficient (Wildman–Crippen LogP) is 1.82. The standard InChI is InChI=1S/C12H20N2OS/c1-12(2)9-14(5-6-15-12)8-11-4-3-10(7-13)16-11/h3-4H,5-9,13H2,1-2H3. The molecule has 1 fully saturated rings.